The molecule has 0 aliphatic rings. The van der Waals surface area contributed by atoms with Crippen molar-refractivity contribution in [3.63, 3.8) is 0 Å². The van der Waals surface area contributed by atoms with Crippen molar-refractivity contribution in [1.82, 2.24) is 15.0 Å². The number of rotatable bonds is 4. The van der Waals surface area contributed by atoms with Crippen LogP contribution in [-0.4, -0.2) is 20.1 Å². The van der Waals surface area contributed by atoms with E-state index in [-0.39, 0.29) is 5.88 Å². The molecular formula is C13H14ClN3OS. The summed E-state index contributed by atoms with van der Waals surface area (Å²) in [5.74, 6) is 0.627. The summed E-state index contributed by atoms with van der Waals surface area (Å²) in [5.41, 5.74) is 2.91. The minimum Gasteiger partial charge on any atom is -0.493 e. The van der Waals surface area contributed by atoms with Crippen molar-refractivity contribution < 1.29 is 5.11 Å². The van der Waals surface area contributed by atoms with Crippen molar-refractivity contribution in [2.24, 2.45) is 0 Å². The molecule has 2 aromatic rings. The first-order valence-corrected chi connectivity index (χ1v) is 7.26. The highest BCUT2D eigenvalue weighted by atomic mass is 35.5. The van der Waals surface area contributed by atoms with Crippen LogP contribution in [0.4, 0.5) is 0 Å². The molecular weight excluding hydrogens is 282 g/mol. The highest BCUT2D eigenvalue weighted by Gasteiger charge is 2.09. The van der Waals surface area contributed by atoms with E-state index in [9.17, 15) is 5.11 Å². The molecule has 0 spiro atoms. The SMILES string of the molecule is CCc1ccnc(Cl)c1CSc1nc(C)cc(O)n1. The van der Waals surface area contributed by atoms with Gasteiger partial charge in [-0.25, -0.2) is 9.97 Å². The topological polar surface area (TPSA) is 58.9 Å². The second kappa shape index (κ2) is 6.21. The summed E-state index contributed by atoms with van der Waals surface area (Å²) in [7, 11) is 0. The zero-order chi connectivity index (χ0) is 13.8. The Hall–Kier alpha value is -1.33. The van der Waals surface area contributed by atoms with E-state index in [2.05, 4.69) is 21.9 Å². The lowest BCUT2D eigenvalue weighted by molar-refractivity contribution is 0.444. The predicted molar refractivity (Wildman–Crippen MR) is 76.6 cm³/mol. The number of aryl methyl sites for hydroxylation is 2. The molecule has 0 bridgehead atoms. The predicted octanol–water partition coefficient (Wildman–Crippen LogP) is 3.39. The number of hydrogen-bond donors (Lipinski definition) is 1. The van der Waals surface area contributed by atoms with Crippen molar-refractivity contribution in [1.29, 1.82) is 0 Å². The number of nitrogens with zero attached hydrogens (tertiary/aromatic N) is 3. The van der Waals surface area contributed by atoms with Gasteiger partial charge < -0.3 is 5.11 Å². The Kier molecular flexibility index (Phi) is 4.61. The fraction of sp³-hybridized carbons (Fsp3) is 0.308. The van der Waals surface area contributed by atoms with Crippen molar-refractivity contribution in [2.75, 3.05) is 0 Å². The lowest BCUT2D eigenvalue weighted by atomic mass is 10.1. The van der Waals surface area contributed by atoms with E-state index in [0.717, 1.165) is 17.7 Å². The summed E-state index contributed by atoms with van der Waals surface area (Å²) in [5, 5.41) is 10.5. The third-order valence-corrected chi connectivity index (χ3v) is 3.85. The molecule has 1 N–H and O–H groups in total. The van der Waals surface area contributed by atoms with Gasteiger partial charge in [-0.2, -0.15) is 4.98 Å². The largest absolute Gasteiger partial charge is 0.493 e. The summed E-state index contributed by atoms with van der Waals surface area (Å²) in [6.07, 6.45) is 2.61. The van der Waals surface area contributed by atoms with Gasteiger partial charge in [0.1, 0.15) is 5.15 Å². The normalized spacial score (nSPS) is 10.7. The van der Waals surface area contributed by atoms with E-state index in [1.807, 2.05) is 13.0 Å². The Labute approximate surface area is 121 Å². The number of halogens is 1. The van der Waals surface area contributed by atoms with Gasteiger partial charge in [-0.05, 0) is 25.0 Å². The van der Waals surface area contributed by atoms with E-state index in [4.69, 9.17) is 11.6 Å². The molecule has 2 heterocycles. The summed E-state index contributed by atoms with van der Waals surface area (Å²) in [4.78, 5) is 12.3. The highest BCUT2D eigenvalue weighted by molar-refractivity contribution is 7.98. The molecule has 0 atom stereocenters. The molecule has 6 heteroatoms. The second-order valence-corrected chi connectivity index (χ2v) is 5.33. The van der Waals surface area contributed by atoms with Gasteiger partial charge in [-0.1, -0.05) is 30.3 Å². The maximum Gasteiger partial charge on any atom is 0.215 e. The average Bonchev–Trinajstić information content (AvgIpc) is 2.36. The van der Waals surface area contributed by atoms with Gasteiger partial charge in [-0.3, -0.25) is 0 Å². The molecule has 0 saturated heterocycles. The number of pyridine rings is 1. The van der Waals surface area contributed by atoms with Gasteiger partial charge in [0.2, 0.25) is 5.88 Å². The zero-order valence-electron chi connectivity index (χ0n) is 10.7. The van der Waals surface area contributed by atoms with Gasteiger partial charge in [0, 0.05) is 29.3 Å². The smallest absolute Gasteiger partial charge is 0.215 e. The molecule has 0 saturated carbocycles. The molecule has 4 nitrogen and oxygen atoms in total. The van der Waals surface area contributed by atoms with Crippen LogP contribution in [0.3, 0.4) is 0 Å². The third kappa shape index (κ3) is 3.58. The van der Waals surface area contributed by atoms with Crippen molar-refractivity contribution in [3.8, 4) is 5.88 Å². The minimum absolute atomic E-state index is 0.0111. The fourth-order valence-corrected chi connectivity index (χ4v) is 3.00. The number of thioether (sulfide) groups is 1. The highest BCUT2D eigenvalue weighted by Crippen LogP contribution is 2.27. The molecule has 0 radical (unpaired) electrons. The van der Waals surface area contributed by atoms with Gasteiger partial charge in [-0.15, -0.1) is 0 Å². The van der Waals surface area contributed by atoms with Gasteiger partial charge in [0.05, 0.1) is 0 Å². The van der Waals surface area contributed by atoms with Crippen molar-refractivity contribution in [2.45, 2.75) is 31.2 Å². The molecule has 0 amide bonds. The van der Waals surface area contributed by atoms with Crippen molar-refractivity contribution >= 4 is 23.4 Å². The summed E-state index contributed by atoms with van der Waals surface area (Å²) < 4.78 is 0. The van der Waals surface area contributed by atoms with Crippen LogP contribution in [0.5, 0.6) is 5.88 Å². The van der Waals surface area contributed by atoms with Crippen LogP contribution >= 0.6 is 23.4 Å². The van der Waals surface area contributed by atoms with Crippen LogP contribution in [0, 0.1) is 6.92 Å². The Morgan fingerprint density at radius 3 is 2.84 bits per heavy atom. The van der Waals surface area contributed by atoms with E-state index >= 15 is 0 Å². The molecule has 0 aromatic carbocycles. The molecule has 2 aromatic heterocycles. The molecule has 0 fully saturated rings. The number of hydrogen-bond acceptors (Lipinski definition) is 5. The third-order valence-electron chi connectivity index (χ3n) is 2.65. The molecule has 2 rings (SSSR count). The van der Waals surface area contributed by atoms with E-state index < -0.39 is 0 Å². The number of aromatic nitrogens is 3. The summed E-state index contributed by atoms with van der Waals surface area (Å²) >= 11 is 7.56. The van der Waals surface area contributed by atoms with E-state index in [1.54, 1.807) is 6.20 Å². The first-order valence-electron chi connectivity index (χ1n) is 5.90. The van der Waals surface area contributed by atoms with Crippen molar-refractivity contribution in [3.05, 3.63) is 40.3 Å². The Balaban J connectivity index is 2.18. The Bertz CT molecular complexity index is 572. The van der Waals surface area contributed by atoms with E-state index in [1.165, 1.54) is 23.4 Å². The molecule has 19 heavy (non-hydrogen) atoms. The fourth-order valence-electron chi connectivity index (χ4n) is 1.71. The van der Waals surface area contributed by atoms with Crippen LogP contribution < -0.4 is 0 Å². The van der Waals surface area contributed by atoms with Gasteiger partial charge in [0.15, 0.2) is 5.16 Å². The minimum atomic E-state index is -0.0111. The Morgan fingerprint density at radius 2 is 2.16 bits per heavy atom. The van der Waals surface area contributed by atoms with Gasteiger partial charge in [0.25, 0.3) is 0 Å². The quantitative estimate of drug-likeness (QED) is 0.532. The number of aromatic hydroxyl groups is 1. The lowest BCUT2D eigenvalue weighted by Gasteiger charge is -2.08. The van der Waals surface area contributed by atoms with Crippen LogP contribution in [0.25, 0.3) is 0 Å². The monoisotopic (exact) mass is 295 g/mol. The molecule has 0 aliphatic carbocycles. The average molecular weight is 296 g/mol. The zero-order valence-corrected chi connectivity index (χ0v) is 12.3. The molecule has 0 aliphatic heterocycles. The summed E-state index contributed by atoms with van der Waals surface area (Å²) in [6.45, 7) is 3.90. The van der Waals surface area contributed by atoms with Crippen LogP contribution in [0.2, 0.25) is 5.15 Å². The lowest BCUT2D eigenvalue weighted by Crippen LogP contribution is -1.96. The summed E-state index contributed by atoms with van der Waals surface area (Å²) in [6, 6.07) is 3.49. The molecule has 0 unspecified atom stereocenters. The van der Waals surface area contributed by atoms with Crippen LogP contribution in [0.1, 0.15) is 23.7 Å². The van der Waals surface area contributed by atoms with Crippen LogP contribution in [-0.2, 0) is 12.2 Å². The van der Waals surface area contributed by atoms with Gasteiger partial charge >= 0.3 is 0 Å². The first kappa shape index (κ1) is 14.1. The maximum atomic E-state index is 9.44. The standard InChI is InChI=1S/C13H14ClN3OS/c1-3-9-4-5-15-12(14)10(9)7-19-13-16-8(2)6-11(18)17-13/h4-6H,3,7H2,1-2H3,(H,16,17,18). The second-order valence-electron chi connectivity index (χ2n) is 4.03. The maximum absolute atomic E-state index is 9.44. The van der Waals surface area contributed by atoms with Crippen LogP contribution in [0.15, 0.2) is 23.5 Å². The Morgan fingerprint density at radius 1 is 1.37 bits per heavy atom. The van der Waals surface area contributed by atoms with E-state index in [0.29, 0.717) is 16.1 Å². The first-order chi connectivity index (χ1) is 9.10. The molecule has 100 valence electrons.